The minimum Gasteiger partial charge on any atom is -0.350 e. The molecule has 0 saturated heterocycles. The third kappa shape index (κ3) is 3.23. The van der Waals surface area contributed by atoms with Gasteiger partial charge >= 0.3 is 0 Å². The van der Waals surface area contributed by atoms with E-state index in [1.807, 2.05) is 41.1 Å². The molecule has 0 radical (unpaired) electrons. The standard InChI is InChI=1S/C17H14ClN3O3/c18-13-5-6-14(16(11-13)21(23)24)17(22)19-8-10-20-9-7-12-3-1-2-4-15(12)20/h1-7,9,11H,8,10H2,(H,19,22). The second-order valence-electron chi connectivity index (χ2n) is 5.24. The summed E-state index contributed by atoms with van der Waals surface area (Å²) in [5, 5.41) is 15.1. The van der Waals surface area contributed by atoms with Crippen LogP contribution in [0.3, 0.4) is 0 Å². The van der Waals surface area contributed by atoms with Crippen LogP contribution < -0.4 is 5.32 Å². The number of aromatic nitrogens is 1. The van der Waals surface area contributed by atoms with Crippen molar-refractivity contribution in [2.45, 2.75) is 6.54 Å². The normalized spacial score (nSPS) is 10.7. The van der Waals surface area contributed by atoms with Crippen molar-refractivity contribution in [2.75, 3.05) is 6.54 Å². The van der Waals surface area contributed by atoms with Crippen LogP contribution in [0.2, 0.25) is 5.02 Å². The van der Waals surface area contributed by atoms with Crippen molar-refractivity contribution >= 4 is 34.1 Å². The van der Waals surface area contributed by atoms with Gasteiger partial charge in [-0.3, -0.25) is 14.9 Å². The number of nitro groups is 1. The van der Waals surface area contributed by atoms with Crippen molar-refractivity contribution in [2.24, 2.45) is 0 Å². The van der Waals surface area contributed by atoms with Gasteiger partial charge in [0, 0.05) is 35.9 Å². The lowest BCUT2D eigenvalue weighted by atomic mass is 10.1. The Kier molecular flexibility index (Phi) is 4.48. The first-order chi connectivity index (χ1) is 11.6. The molecule has 0 aliphatic heterocycles. The SMILES string of the molecule is O=C(NCCn1ccc2ccccc21)c1ccc(Cl)cc1[N+](=O)[O-]. The van der Waals surface area contributed by atoms with Crippen molar-refractivity contribution < 1.29 is 9.72 Å². The number of amides is 1. The van der Waals surface area contributed by atoms with E-state index in [2.05, 4.69) is 5.32 Å². The van der Waals surface area contributed by atoms with Crippen molar-refractivity contribution in [1.29, 1.82) is 0 Å². The summed E-state index contributed by atoms with van der Waals surface area (Å²) in [5.74, 6) is -0.491. The number of fused-ring (bicyclic) bond motifs is 1. The van der Waals surface area contributed by atoms with Crippen LogP contribution in [0.4, 0.5) is 5.69 Å². The van der Waals surface area contributed by atoms with Crippen molar-refractivity contribution in [3.05, 3.63) is 75.4 Å². The van der Waals surface area contributed by atoms with Gasteiger partial charge < -0.3 is 9.88 Å². The molecule has 1 N–H and O–H groups in total. The molecule has 1 aromatic heterocycles. The first kappa shape index (κ1) is 16.0. The molecule has 0 aliphatic carbocycles. The molecule has 1 heterocycles. The number of halogens is 1. The lowest BCUT2D eigenvalue weighted by molar-refractivity contribution is -0.385. The Labute approximate surface area is 142 Å². The molecule has 1 amide bonds. The summed E-state index contributed by atoms with van der Waals surface area (Å²) in [6, 6.07) is 13.9. The smallest absolute Gasteiger partial charge is 0.283 e. The van der Waals surface area contributed by atoms with Gasteiger partial charge in [0.05, 0.1) is 4.92 Å². The fraction of sp³-hybridized carbons (Fsp3) is 0.118. The zero-order valence-corrected chi connectivity index (χ0v) is 13.4. The minimum absolute atomic E-state index is 0.00163. The molecule has 122 valence electrons. The maximum atomic E-state index is 12.2. The summed E-state index contributed by atoms with van der Waals surface area (Å²) in [4.78, 5) is 22.6. The van der Waals surface area contributed by atoms with E-state index in [0.717, 1.165) is 10.9 Å². The Balaban J connectivity index is 1.69. The lowest BCUT2D eigenvalue weighted by Gasteiger charge is -2.08. The zero-order chi connectivity index (χ0) is 17.1. The first-order valence-corrected chi connectivity index (χ1v) is 7.70. The number of nitrogens with one attached hydrogen (secondary N) is 1. The van der Waals surface area contributed by atoms with Gasteiger partial charge in [-0.25, -0.2) is 0 Å². The van der Waals surface area contributed by atoms with Gasteiger partial charge in [0.15, 0.2) is 0 Å². The average molecular weight is 344 g/mol. The number of para-hydroxylation sites is 1. The fourth-order valence-electron chi connectivity index (χ4n) is 2.57. The first-order valence-electron chi connectivity index (χ1n) is 7.32. The number of benzene rings is 2. The molecule has 0 unspecified atom stereocenters. The fourth-order valence-corrected chi connectivity index (χ4v) is 2.73. The highest BCUT2D eigenvalue weighted by molar-refractivity contribution is 6.31. The van der Waals surface area contributed by atoms with E-state index in [1.165, 1.54) is 18.2 Å². The molecule has 0 fully saturated rings. The predicted molar refractivity (Wildman–Crippen MR) is 92.4 cm³/mol. The van der Waals surface area contributed by atoms with Gasteiger partial charge in [0.25, 0.3) is 11.6 Å². The number of nitro benzene ring substituents is 1. The molecule has 3 rings (SSSR count). The van der Waals surface area contributed by atoms with Gasteiger partial charge in [-0.1, -0.05) is 29.8 Å². The molecular formula is C17H14ClN3O3. The van der Waals surface area contributed by atoms with Gasteiger partial charge in [0.2, 0.25) is 0 Å². The van der Waals surface area contributed by atoms with Crippen LogP contribution in [-0.4, -0.2) is 21.9 Å². The maximum Gasteiger partial charge on any atom is 0.283 e. The second kappa shape index (κ2) is 6.72. The highest BCUT2D eigenvalue weighted by Crippen LogP contribution is 2.23. The number of rotatable bonds is 5. The van der Waals surface area contributed by atoms with Crippen molar-refractivity contribution in [3.8, 4) is 0 Å². The van der Waals surface area contributed by atoms with E-state index in [0.29, 0.717) is 13.1 Å². The lowest BCUT2D eigenvalue weighted by Crippen LogP contribution is -2.27. The maximum absolute atomic E-state index is 12.2. The third-order valence-electron chi connectivity index (χ3n) is 3.72. The molecule has 2 aromatic carbocycles. The van der Waals surface area contributed by atoms with E-state index >= 15 is 0 Å². The Hall–Kier alpha value is -2.86. The van der Waals surface area contributed by atoms with Crippen LogP contribution in [0.5, 0.6) is 0 Å². The molecule has 0 bridgehead atoms. The summed E-state index contributed by atoms with van der Waals surface area (Å²) >= 11 is 5.75. The van der Waals surface area contributed by atoms with E-state index in [9.17, 15) is 14.9 Å². The van der Waals surface area contributed by atoms with Crippen LogP contribution in [0, 0.1) is 10.1 Å². The Morgan fingerprint density at radius 3 is 2.79 bits per heavy atom. The van der Waals surface area contributed by atoms with Crippen LogP contribution in [-0.2, 0) is 6.54 Å². The number of carbonyl (C=O) groups excluding carboxylic acids is 1. The third-order valence-corrected chi connectivity index (χ3v) is 3.95. The number of hydrogen-bond donors (Lipinski definition) is 1. The molecular weight excluding hydrogens is 330 g/mol. The molecule has 0 aliphatic rings. The van der Waals surface area contributed by atoms with E-state index in [-0.39, 0.29) is 16.3 Å². The van der Waals surface area contributed by atoms with Crippen LogP contribution in [0.1, 0.15) is 10.4 Å². The second-order valence-corrected chi connectivity index (χ2v) is 5.68. The minimum atomic E-state index is -0.611. The van der Waals surface area contributed by atoms with E-state index in [1.54, 1.807) is 0 Å². The van der Waals surface area contributed by atoms with Crippen LogP contribution >= 0.6 is 11.6 Å². The molecule has 0 saturated carbocycles. The summed E-state index contributed by atoms with van der Waals surface area (Å²) in [6.07, 6.45) is 1.95. The summed E-state index contributed by atoms with van der Waals surface area (Å²) in [6.45, 7) is 0.929. The monoisotopic (exact) mass is 343 g/mol. The van der Waals surface area contributed by atoms with Gasteiger partial charge in [0.1, 0.15) is 5.56 Å². The quantitative estimate of drug-likeness (QED) is 0.567. The van der Waals surface area contributed by atoms with Gasteiger partial charge in [-0.05, 0) is 29.7 Å². The number of hydrogen-bond acceptors (Lipinski definition) is 3. The molecule has 0 atom stereocenters. The summed E-state index contributed by atoms with van der Waals surface area (Å²) in [5.41, 5.74) is 0.775. The molecule has 7 heteroatoms. The van der Waals surface area contributed by atoms with Crippen LogP contribution in [0.15, 0.2) is 54.7 Å². The highest BCUT2D eigenvalue weighted by Gasteiger charge is 2.20. The van der Waals surface area contributed by atoms with Crippen molar-refractivity contribution in [3.63, 3.8) is 0 Å². The zero-order valence-electron chi connectivity index (χ0n) is 12.6. The van der Waals surface area contributed by atoms with Crippen LogP contribution in [0.25, 0.3) is 10.9 Å². The number of carbonyl (C=O) groups is 1. The summed E-state index contributed by atoms with van der Waals surface area (Å²) in [7, 11) is 0. The Bertz CT molecular complexity index is 920. The van der Waals surface area contributed by atoms with Crippen molar-refractivity contribution in [1.82, 2.24) is 9.88 Å². The van der Waals surface area contributed by atoms with E-state index < -0.39 is 10.8 Å². The number of nitrogens with zero attached hydrogens (tertiary/aromatic N) is 2. The molecule has 6 nitrogen and oxygen atoms in total. The molecule has 3 aromatic rings. The average Bonchev–Trinajstić information content (AvgIpc) is 2.98. The summed E-state index contributed by atoms with van der Waals surface area (Å²) < 4.78 is 2.02. The Morgan fingerprint density at radius 2 is 2.00 bits per heavy atom. The van der Waals surface area contributed by atoms with Gasteiger partial charge in [-0.2, -0.15) is 0 Å². The highest BCUT2D eigenvalue weighted by atomic mass is 35.5. The Morgan fingerprint density at radius 1 is 1.21 bits per heavy atom. The van der Waals surface area contributed by atoms with Gasteiger partial charge in [-0.15, -0.1) is 0 Å². The predicted octanol–water partition coefficient (Wildman–Crippen LogP) is 3.63. The van der Waals surface area contributed by atoms with E-state index in [4.69, 9.17) is 11.6 Å². The largest absolute Gasteiger partial charge is 0.350 e. The molecule has 0 spiro atoms. The molecule has 24 heavy (non-hydrogen) atoms. The topological polar surface area (TPSA) is 77.2 Å².